The summed E-state index contributed by atoms with van der Waals surface area (Å²) < 4.78 is 2.28. The average molecular weight is 432 g/mol. The van der Waals surface area contributed by atoms with E-state index in [0.717, 1.165) is 49.8 Å². The molecule has 2 aliphatic rings. The summed E-state index contributed by atoms with van der Waals surface area (Å²) in [5.41, 5.74) is 1.08. The smallest absolute Gasteiger partial charge is 0.272 e. The van der Waals surface area contributed by atoms with Crippen LogP contribution in [0.25, 0.3) is 0 Å². The molecule has 1 saturated carbocycles. The Morgan fingerprint density at radius 1 is 1.16 bits per heavy atom. The average Bonchev–Trinajstić information content (AvgIpc) is 3.29. The Balaban J connectivity index is 1.81. The number of imidazole rings is 1. The molecular formula is C24H41N5O2. The molecule has 2 heterocycles. The molecule has 0 saturated heterocycles. The predicted octanol–water partition coefficient (Wildman–Crippen LogP) is 3.12. The Bertz CT molecular complexity index is 774. The number of amides is 2. The second-order valence-corrected chi connectivity index (χ2v) is 10.5. The van der Waals surface area contributed by atoms with Crippen LogP contribution in [0, 0.1) is 11.3 Å². The summed E-state index contributed by atoms with van der Waals surface area (Å²) in [6, 6.07) is -0.614. The molecule has 7 nitrogen and oxygen atoms in total. The first-order valence-electron chi connectivity index (χ1n) is 12.0. The van der Waals surface area contributed by atoms with Gasteiger partial charge < -0.3 is 20.1 Å². The van der Waals surface area contributed by atoms with Crippen LogP contribution < -0.4 is 10.6 Å². The maximum absolute atomic E-state index is 13.3. The second kappa shape index (κ2) is 10.2. The molecule has 0 spiro atoms. The first-order chi connectivity index (χ1) is 14.7. The SMILES string of the molecule is CNC(=O)[C@@H](NC(=O)c1nc(CCCC2CCCC2)n2c1CN(C)CCC2)C(C)(C)C. The van der Waals surface area contributed by atoms with Gasteiger partial charge in [-0.05, 0) is 37.8 Å². The molecule has 1 aromatic heterocycles. The molecule has 1 atom stereocenters. The molecule has 0 aromatic carbocycles. The fourth-order valence-electron chi connectivity index (χ4n) is 5.03. The number of aryl methyl sites for hydroxylation is 1. The van der Waals surface area contributed by atoms with Crippen molar-refractivity contribution in [3.05, 3.63) is 17.2 Å². The topological polar surface area (TPSA) is 79.3 Å². The molecule has 0 radical (unpaired) electrons. The van der Waals surface area contributed by atoms with Crippen LogP contribution in [0.4, 0.5) is 0 Å². The third kappa shape index (κ3) is 5.88. The molecule has 174 valence electrons. The van der Waals surface area contributed by atoms with Gasteiger partial charge in [-0.25, -0.2) is 4.98 Å². The number of nitrogens with one attached hydrogen (secondary N) is 2. The number of carbonyl (C=O) groups excluding carboxylic acids is 2. The van der Waals surface area contributed by atoms with E-state index in [1.54, 1.807) is 7.05 Å². The van der Waals surface area contributed by atoms with Crippen LogP contribution >= 0.6 is 0 Å². The van der Waals surface area contributed by atoms with Gasteiger partial charge in [-0.15, -0.1) is 0 Å². The number of rotatable bonds is 7. The summed E-state index contributed by atoms with van der Waals surface area (Å²) in [6.07, 6.45) is 9.84. The van der Waals surface area contributed by atoms with Gasteiger partial charge >= 0.3 is 0 Å². The summed E-state index contributed by atoms with van der Waals surface area (Å²) in [4.78, 5) is 32.9. The third-order valence-electron chi connectivity index (χ3n) is 6.85. The van der Waals surface area contributed by atoms with E-state index in [0.29, 0.717) is 12.2 Å². The first-order valence-corrected chi connectivity index (χ1v) is 12.0. The van der Waals surface area contributed by atoms with Crippen molar-refractivity contribution in [2.45, 2.75) is 91.3 Å². The van der Waals surface area contributed by atoms with E-state index in [4.69, 9.17) is 4.98 Å². The normalized spacial score (nSPS) is 19.0. The second-order valence-electron chi connectivity index (χ2n) is 10.5. The van der Waals surface area contributed by atoms with Crippen LogP contribution in [0.15, 0.2) is 0 Å². The number of hydrogen-bond donors (Lipinski definition) is 2. The van der Waals surface area contributed by atoms with Crippen molar-refractivity contribution >= 4 is 11.8 Å². The molecule has 1 aromatic rings. The van der Waals surface area contributed by atoms with Crippen molar-refractivity contribution in [3.63, 3.8) is 0 Å². The summed E-state index contributed by atoms with van der Waals surface area (Å²) in [5, 5.41) is 5.66. The number of nitrogens with zero attached hydrogens (tertiary/aromatic N) is 3. The number of carbonyl (C=O) groups is 2. The Morgan fingerprint density at radius 2 is 1.87 bits per heavy atom. The van der Waals surface area contributed by atoms with Crippen molar-refractivity contribution in [2.24, 2.45) is 11.3 Å². The van der Waals surface area contributed by atoms with Crippen LogP contribution in [0.1, 0.15) is 87.7 Å². The Labute approximate surface area is 187 Å². The molecule has 0 bridgehead atoms. The first kappa shape index (κ1) is 23.8. The van der Waals surface area contributed by atoms with Crippen molar-refractivity contribution in [1.82, 2.24) is 25.1 Å². The fourth-order valence-corrected chi connectivity index (χ4v) is 5.03. The van der Waals surface area contributed by atoms with Gasteiger partial charge in [-0.2, -0.15) is 0 Å². The highest BCUT2D eigenvalue weighted by molar-refractivity contribution is 5.97. The van der Waals surface area contributed by atoms with Crippen molar-refractivity contribution < 1.29 is 9.59 Å². The van der Waals surface area contributed by atoms with Gasteiger partial charge in [-0.3, -0.25) is 9.59 Å². The zero-order valence-corrected chi connectivity index (χ0v) is 20.1. The molecular weight excluding hydrogens is 390 g/mol. The van der Waals surface area contributed by atoms with Gasteiger partial charge in [0.2, 0.25) is 5.91 Å². The third-order valence-corrected chi connectivity index (χ3v) is 6.85. The highest BCUT2D eigenvalue weighted by Gasteiger charge is 2.34. The molecule has 2 N–H and O–H groups in total. The summed E-state index contributed by atoms with van der Waals surface area (Å²) >= 11 is 0. The van der Waals surface area contributed by atoms with Crippen LogP contribution in [-0.4, -0.2) is 52.9 Å². The van der Waals surface area contributed by atoms with Gasteiger partial charge in [0.1, 0.15) is 11.9 Å². The lowest BCUT2D eigenvalue weighted by atomic mass is 9.86. The van der Waals surface area contributed by atoms with E-state index in [9.17, 15) is 9.59 Å². The van der Waals surface area contributed by atoms with Gasteiger partial charge in [0.05, 0.1) is 5.69 Å². The molecule has 1 fully saturated rings. The lowest BCUT2D eigenvalue weighted by molar-refractivity contribution is -0.124. The highest BCUT2D eigenvalue weighted by atomic mass is 16.2. The zero-order valence-electron chi connectivity index (χ0n) is 20.1. The summed E-state index contributed by atoms with van der Waals surface area (Å²) in [6.45, 7) is 8.50. The van der Waals surface area contributed by atoms with Crippen LogP contribution in [0.2, 0.25) is 0 Å². The van der Waals surface area contributed by atoms with Gasteiger partial charge in [0, 0.05) is 26.6 Å². The minimum atomic E-state index is -0.614. The molecule has 3 rings (SSSR count). The van der Waals surface area contributed by atoms with Crippen molar-refractivity contribution in [2.75, 3.05) is 20.6 Å². The number of fused-ring (bicyclic) bond motifs is 1. The minimum Gasteiger partial charge on any atom is -0.357 e. The van der Waals surface area contributed by atoms with Crippen molar-refractivity contribution in [1.29, 1.82) is 0 Å². The van der Waals surface area contributed by atoms with Gasteiger partial charge in [0.25, 0.3) is 5.91 Å². The van der Waals surface area contributed by atoms with Crippen LogP contribution in [0.3, 0.4) is 0 Å². The number of hydrogen-bond acceptors (Lipinski definition) is 4. The fraction of sp³-hybridized carbons (Fsp3) is 0.792. The predicted molar refractivity (Wildman–Crippen MR) is 123 cm³/mol. The van der Waals surface area contributed by atoms with E-state index in [1.807, 2.05) is 20.8 Å². The molecule has 0 unspecified atom stereocenters. The largest absolute Gasteiger partial charge is 0.357 e. The quantitative estimate of drug-likeness (QED) is 0.695. The Hall–Kier alpha value is -1.89. The van der Waals surface area contributed by atoms with E-state index in [-0.39, 0.29) is 11.8 Å². The Kier molecular flexibility index (Phi) is 7.78. The minimum absolute atomic E-state index is 0.181. The molecule has 7 heteroatoms. The lowest BCUT2D eigenvalue weighted by Crippen LogP contribution is -2.53. The standard InChI is InChI=1S/C24H41N5O2/c1-24(2,3)21(23(31)25-4)27-22(30)20-18-16-28(5)14-9-15-29(18)19(26-20)13-8-12-17-10-6-7-11-17/h17,21H,6-16H2,1-5H3,(H,25,31)(H,27,30)/t21-/m1/s1. The zero-order chi connectivity index (χ0) is 22.6. The molecule has 1 aliphatic heterocycles. The van der Waals surface area contributed by atoms with Crippen LogP contribution in [-0.2, 0) is 24.3 Å². The molecule has 1 aliphatic carbocycles. The maximum atomic E-state index is 13.3. The maximum Gasteiger partial charge on any atom is 0.272 e. The highest BCUT2D eigenvalue weighted by Crippen LogP contribution is 2.29. The summed E-state index contributed by atoms with van der Waals surface area (Å²) in [7, 11) is 3.69. The summed E-state index contributed by atoms with van der Waals surface area (Å²) in [5.74, 6) is 1.47. The lowest BCUT2D eigenvalue weighted by Gasteiger charge is -2.29. The van der Waals surface area contributed by atoms with E-state index >= 15 is 0 Å². The Morgan fingerprint density at radius 3 is 2.52 bits per heavy atom. The van der Waals surface area contributed by atoms with E-state index < -0.39 is 11.5 Å². The van der Waals surface area contributed by atoms with E-state index in [2.05, 4.69) is 27.1 Å². The molecule has 31 heavy (non-hydrogen) atoms. The number of aromatic nitrogens is 2. The monoisotopic (exact) mass is 431 g/mol. The van der Waals surface area contributed by atoms with E-state index in [1.165, 1.54) is 32.1 Å². The number of likely N-dealkylation sites (N-methyl/N-ethyl adjacent to an activating group) is 1. The van der Waals surface area contributed by atoms with Crippen LogP contribution in [0.5, 0.6) is 0 Å². The van der Waals surface area contributed by atoms with Gasteiger partial charge in [0.15, 0.2) is 5.69 Å². The molecule has 2 amide bonds. The van der Waals surface area contributed by atoms with Gasteiger partial charge in [-0.1, -0.05) is 52.9 Å². The van der Waals surface area contributed by atoms with Crippen molar-refractivity contribution in [3.8, 4) is 0 Å².